The molecule has 0 radical (unpaired) electrons. The molecule has 1 nitrogen and oxygen atoms in total. The summed E-state index contributed by atoms with van der Waals surface area (Å²) >= 11 is 0. The molecule has 0 saturated heterocycles. The van der Waals surface area contributed by atoms with Crippen molar-refractivity contribution in [3.8, 4) is 16.9 Å². The highest BCUT2D eigenvalue weighted by Crippen LogP contribution is 2.41. The van der Waals surface area contributed by atoms with Gasteiger partial charge < -0.3 is 4.74 Å². The summed E-state index contributed by atoms with van der Waals surface area (Å²) in [4.78, 5) is 0. The Balaban J connectivity index is 1.38. The molecule has 0 heterocycles. The van der Waals surface area contributed by atoms with Gasteiger partial charge in [-0.25, -0.2) is 8.78 Å². The molecule has 0 atom stereocenters. The van der Waals surface area contributed by atoms with Gasteiger partial charge in [-0.15, -0.1) is 13.2 Å². The average molecular weight is 453 g/mol. The maximum Gasteiger partial charge on any atom is 0.573 e. The summed E-state index contributed by atoms with van der Waals surface area (Å²) in [5.74, 6) is -0.0294. The van der Waals surface area contributed by atoms with E-state index in [0.29, 0.717) is 5.56 Å². The molecule has 6 heteroatoms. The second-order valence-electron chi connectivity index (χ2n) is 9.38. The van der Waals surface area contributed by atoms with Crippen LogP contribution in [-0.2, 0) is 0 Å². The number of hydrogen-bond acceptors (Lipinski definition) is 1. The molecule has 0 aromatic heterocycles. The Kier molecular flexibility index (Phi) is 7.06. The third-order valence-corrected chi connectivity index (χ3v) is 7.22. The third-order valence-electron chi connectivity index (χ3n) is 7.22. The van der Waals surface area contributed by atoms with E-state index in [1.165, 1.54) is 62.8 Å². The van der Waals surface area contributed by atoms with Gasteiger partial charge in [0.25, 0.3) is 0 Å². The number of rotatable bonds is 6. The quantitative estimate of drug-likeness (QED) is 0.398. The van der Waals surface area contributed by atoms with Crippen LogP contribution < -0.4 is 4.74 Å². The van der Waals surface area contributed by atoms with Crippen molar-refractivity contribution in [3.63, 3.8) is 0 Å². The van der Waals surface area contributed by atoms with Crippen LogP contribution in [0.25, 0.3) is 11.1 Å². The summed E-state index contributed by atoms with van der Waals surface area (Å²) in [6.07, 6.45) is 7.35. The first-order valence-corrected chi connectivity index (χ1v) is 11.6. The van der Waals surface area contributed by atoms with Crippen molar-refractivity contribution in [1.82, 2.24) is 0 Å². The molecule has 0 aliphatic heterocycles. The van der Waals surface area contributed by atoms with Crippen LogP contribution in [0.1, 0.15) is 75.7 Å². The van der Waals surface area contributed by atoms with E-state index in [0.717, 1.165) is 49.7 Å². The fourth-order valence-electron chi connectivity index (χ4n) is 5.48. The van der Waals surface area contributed by atoms with Gasteiger partial charge in [0.05, 0.1) is 5.56 Å². The van der Waals surface area contributed by atoms with E-state index in [2.05, 4.69) is 4.74 Å². The summed E-state index contributed by atoms with van der Waals surface area (Å²) in [6, 6.07) is 7.37. The number of ether oxygens (including phenoxy) is 1. The topological polar surface area (TPSA) is 9.23 Å². The Morgan fingerprint density at radius 3 is 1.81 bits per heavy atom. The molecule has 0 spiro atoms. The summed E-state index contributed by atoms with van der Waals surface area (Å²) in [5.41, 5.74) is 0.629. The molecule has 174 valence electrons. The van der Waals surface area contributed by atoms with E-state index in [4.69, 9.17) is 0 Å². The minimum atomic E-state index is -4.81. The lowest BCUT2D eigenvalue weighted by Gasteiger charge is -2.29. The second-order valence-corrected chi connectivity index (χ2v) is 9.38. The monoisotopic (exact) mass is 452 g/mol. The zero-order valence-electron chi connectivity index (χ0n) is 18.1. The summed E-state index contributed by atoms with van der Waals surface area (Å²) in [6.45, 7) is 0. The van der Waals surface area contributed by atoms with Crippen molar-refractivity contribution in [2.45, 2.75) is 76.5 Å². The molecule has 0 bridgehead atoms. The molecule has 2 aliphatic rings. The van der Waals surface area contributed by atoms with Gasteiger partial charge in [0.2, 0.25) is 0 Å². The lowest BCUT2D eigenvalue weighted by molar-refractivity contribution is -0.274. The molecule has 2 aromatic carbocycles. The van der Waals surface area contributed by atoms with Gasteiger partial charge in [0.15, 0.2) is 0 Å². The molecule has 0 N–H and O–H groups in total. The molecular weight excluding hydrogens is 423 g/mol. The van der Waals surface area contributed by atoms with E-state index in [9.17, 15) is 22.0 Å². The standard InChI is InChI=1S/C26H29F5O/c27-23-15-21(19-9-7-18(8-10-19)6-5-17-3-1-2-4-17)16-24(28)25(23)20-11-13-22(14-12-20)32-26(29,30)31/h11-19H,1-10H2. The zero-order valence-corrected chi connectivity index (χ0v) is 18.1. The first kappa shape index (κ1) is 23.1. The Bertz CT molecular complexity index is 868. The maximum absolute atomic E-state index is 14.8. The van der Waals surface area contributed by atoms with Crippen LogP contribution >= 0.6 is 0 Å². The van der Waals surface area contributed by atoms with E-state index >= 15 is 0 Å². The first-order chi connectivity index (χ1) is 15.3. The highest BCUT2D eigenvalue weighted by atomic mass is 19.4. The van der Waals surface area contributed by atoms with Crippen LogP contribution in [0.4, 0.5) is 22.0 Å². The van der Waals surface area contributed by atoms with Gasteiger partial charge in [0.1, 0.15) is 17.4 Å². The summed E-state index contributed by atoms with van der Waals surface area (Å²) < 4.78 is 70.4. The molecule has 2 aliphatic carbocycles. The van der Waals surface area contributed by atoms with Crippen molar-refractivity contribution < 1.29 is 26.7 Å². The van der Waals surface area contributed by atoms with Gasteiger partial charge in [-0.2, -0.15) is 0 Å². The van der Waals surface area contributed by atoms with Crippen molar-refractivity contribution in [3.05, 3.63) is 53.6 Å². The van der Waals surface area contributed by atoms with Gasteiger partial charge in [-0.1, -0.05) is 50.7 Å². The van der Waals surface area contributed by atoms with Gasteiger partial charge in [0, 0.05) is 0 Å². The number of alkyl halides is 3. The molecule has 0 unspecified atom stereocenters. The fraction of sp³-hybridized carbons (Fsp3) is 0.538. The summed E-state index contributed by atoms with van der Waals surface area (Å²) in [5, 5.41) is 0. The Morgan fingerprint density at radius 1 is 0.750 bits per heavy atom. The molecular formula is C26H29F5O. The number of hydrogen-bond donors (Lipinski definition) is 0. The van der Waals surface area contributed by atoms with E-state index in [1.807, 2.05) is 0 Å². The minimum absolute atomic E-state index is 0.151. The van der Waals surface area contributed by atoms with Gasteiger partial charge in [-0.05, 0) is 78.8 Å². The van der Waals surface area contributed by atoms with Crippen LogP contribution in [0.3, 0.4) is 0 Å². The summed E-state index contributed by atoms with van der Waals surface area (Å²) in [7, 11) is 0. The predicted molar refractivity (Wildman–Crippen MR) is 114 cm³/mol. The lowest BCUT2D eigenvalue weighted by atomic mass is 9.76. The Hall–Kier alpha value is -2.11. The predicted octanol–water partition coefficient (Wildman–Crippen LogP) is 8.77. The smallest absolute Gasteiger partial charge is 0.406 e. The lowest BCUT2D eigenvalue weighted by Crippen LogP contribution is -2.17. The van der Waals surface area contributed by atoms with Crippen LogP contribution in [-0.4, -0.2) is 6.36 Å². The maximum atomic E-state index is 14.8. The second kappa shape index (κ2) is 9.80. The van der Waals surface area contributed by atoms with E-state index in [1.54, 1.807) is 0 Å². The first-order valence-electron chi connectivity index (χ1n) is 11.6. The normalized spacial score (nSPS) is 22.3. The minimum Gasteiger partial charge on any atom is -0.406 e. The van der Waals surface area contributed by atoms with E-state index < -0.39 is 23.7 Å². The van der Waals surface area contributed by atoms with Crippen molar-refractivity contribution >= 4 is 0 Å². The largest absolute Gasteiger partial charge is 0.573 e. The van der Waals surface area contributed by atoms with Crippen LogP contribution in [0, 0.1) is 23.5 Å². The average Bonchev–Trinajstić information content (AvgIpc) is 3.26. The van der Waals surface area contributed by atoms with E-state index in [-0.39, 0.29) is 17.0 Å². The molecule has 2 aromatic rings. The molecule has 32 heavy (non-hydrogen) atoms. The SMILES string of the molecule is Fc1cc(C2CCC(CCC3CCCC3)CC2)cc(F)c1-c1ccc(OC(F)(F)F)cc1. The Labute approximate surface area is 186 Å². The molecule has 0 amide bonds. The van der Waals surface area contributed by atoms with Crippen molar-refractivity contribution in [2.24, 2.45) is 11.8 Å². The molecule has 2 fully saturated rings. The Morgan fingerprint density at radius 2 is 1.28 bits per heavy atom. The van der Waals surface area contributed by atoms with Crippen molar-refractivity contribution in [1.29, 1.82) is 0 Å². The van der Waals surface area contributed by atoms with Crippen LogP contribution in [0.5, 0.6) is 5.75 Å². The highest BCUT2D eigenvalue weighted by Gasteiger charge is 2.31. The van der Waals surface area contributed by atoms with Gasteiger partial charge >= 0.3 is 6.36 Å². The third kappa shape index (κ3) is 5.81. The van der Waals surface area contributed by atoms with Crippen molar-refractivity contribution in [2.75, 3.05) is 0 Å². The number of halogens is 5. The van der Waals surface area contributed by atoms with Crippen LogP contribution in [0.2, 0.25) is 0 Å². The molecule has 4 rings (SSSR count). The highest BCUT2D eigenvalue weighted by molar-refractivity contribution is 5.66. The number of benzene rings is 2. The molecule has 2 saturated carbocycles. The fourth-order valence-corrected chi connectivity index (χ4v) is 5.48. The van der Waals surface area contributed by atoms with Crippen LogP contribution in [0.15, 0.2) is 36.4 Å². The van der Waals surface area contributed by atoms with Gasteiger partial charge in [-0.3, -0.25) is 0 Å². The zero-order chi connectivity index (χ0) is 22.7.